The second kappa shape index (κ2) is 10.4. The van der Waals surface area contributed by atoms with Gasteiger partial charge < -0.3 is 15.0 Å². The number of rotatable bonds is 10. The Morgan fingerprint density at radius 3 is 2.40 bits per heavy atom. The Morgan fingerprint density at radius 2 is 1.93 bits per heavy atom. The van der Waals surface area contributed by atoms with Gasteiger partial charge in [-0.15, -0.1) is 0 Å². The summed E-state index contributed by atoms with van der Waals surface area (Å²) in [7, 11) is 1.77. The zero-order valence-corrected chi connectivity index (χ0v) is 10.9. The summed E-state index contributed by atoms with van der Waals surface area (Å²) in [6, 6.07) is 0.474. The quantitative estimate of drug-likeness (QED) is 0.602. The van der Waals surface area contributed by atoms with E-state index in [1.807, 2.05) is 0 Å². The molecular weight excluding hydrogens is 188 g/mol. The summed E-state index contributed by atoms with van der Waals surface area (Å²) in [4.78, 5) is 2.48. The molecule has 0 bridgehead atoms. The Bertz CT molecular complexity index is 131. The highest BCUT2D eigenvalue weighted by atomic mass is 16.5. The van der Waals surface area contributed by atoms with Crippen molar-refractivity contribution in [2.24, 2.45) is 0 Å². The summed E-state index contributed by atoms with van der Waals surface area (Å²) in [5.74, 6) is 0. The number of nitrogens with one attached hydrogen (secondary N) is 1. The van der Waals surface area contributed by atoms with Crippen molar-refractivity contribution in [2.75, 3.05) is 39.9 Å². The standard InChI is InChI=1S/C12H28N2O/c1-5-8-13-12(11-15-4)10-14(7-3)9-6-2/h12-13H,5-11H2,1-4H3. The highest BCUT2D eigenvalue weighted by molar-refractivity contribution is 4.71. The smallest absolute Gasteiger partial charge is 0.0628 e. The molecule has 0 saturated carbocycles. The lowest BCUT2D eigenvalue weighted by atomic mass is 10.2. The van der Waals surface area contributed by atoms with E-state index in [0.717, 1.165) is 26.2 Å². The molecular formula is C12H28N2O. The topological polar surface area (TPSA) is 24.5 Å². The van der Waals surface area contributed by atoms with E-state index in [4.69, 9.17) is 4.74 Å². The van der Waals surface area contributed by atoms with Gasteiger partial charge >= 0.3 is 0 Å². The van der Waals surface area contributed by atoms with Gasteiger partial charge in [0, 0.05) is 19.7 Å². The summed E-state index contributed by atoms with van der Waals surface area (Å²) < 4.78 is 5.24. The van der Waals surface area contributed by atoms with Crippen molar-refractivity contribution >= 4 is 0 Å². The van der Waals surface area contributed by atoms with Crippen molar-refractivity contribution in [2.45, 2.75) is 39.7 Å². The molecule has 0 spiro atoms. The Balaban J connectivity index is 3.87. The predicted octanol–water partition coefficient (Wildman–Crippen LogP) is 1.73. The normalized spacial score (nSPS) is 13.4. The maximum atomic E-state index is 5.24. The third-order valence-corrected chi connectivity index (χ3v) is 2.52. The van der Waals surface area contributed by atoms with Crippen LogP contribution in [0.15, 0.2) is 0 Å². The molecule has 0 heterocycles. The second-order valence-corrected chi connectivity index (χ2v) is 4.00. The number of methoxy groups -OCH3 is 1. The van der Waals surface area contributed by atoms with E-state index in [-0.39, 0.29) is 0 Å². The molecule has 1 N–H and O–H groups in total. The first-order chi connectivity index (χ1) is 7.28. The highest BCUT2D eigenvalue weighted by Gasteiger charge is 2.11. The number of hydrogen-bond acceptors (Lipinski definition) is 3. The first kappa shape index (κ1) is 14.9. The molecule has 0 aliphatic carbocycles. The van der Waals surface area contributed by atoms with Crippen molar-refractivity contribution in [3.63, 3.8) is 0 Å². The molecule has 0 rings (SSSR count). The van der Waals surface area contributed by atoms with Crippen molar-refractivity contribution in [1.29, 1.82) is 0 Å². The van der Waals surface area contributed by atoms with Crippen molar-refractivity contribution < 1.29 is 4.74 Å². The lowest BCUT2D eigenvalue weighted by molar-refractivity contribution is 0.139. The molecule has 0 saturated heterocycles. The van der Waals surface area contributed by atoms with Gasteiger partial charge in [-0.25, -0.2) is 0 Å². The molecule has 1 unspecified atom stereocenters. The van der Waals surface area contributed by atoms with Gasteiger partial charge in [-0.3, -0.25) is 0 Å². The van der Waals surface area contributed by atoms with Gasteiger partial charge in [0.25, 0.3) is 0 Å². The largest absolute Gasteiger partial charge is 0.383 e. The fraction of sp³-hybridized carbons (Fsp3) is 1.00. The van der Waals surface area contributed by atoms with Gasteiger partial charge in [0.05, 0.1) is 6.61 Å². The zero-order chi connectivity index (χ0) is 11.5. The summed E-state index contributed by atoms with van der Waals surface area (Å²) in [5, 5.41) is 3.53. The summed E-state index contributed by atoms with van der Waals surface area (Å²) in [6.07, 6.45) is 2.40. The number of hydrogen-bond donors (Lipinski definition) is 1. The molecule has 92 valence electrons. The molecule has 1 atom stereocenters. The number of nitrogens with zero attached hydrogens (tertiary/aromatic N) is 1. The van der Waals surface area contributed by atoms with Gasteiger partial charge in [-0.05, 0) is 32.5 Å². The summed E-state index contributed by atoms with van der Waals surface area (Å²) >= 11 is 0. The fourth-order valence-electron chi connectivity index (χ4n) is 1.73. The van der Waals surface area contributed by atoms with Crippen LogP contribution in [0.1, 0.15) is 33.6 Å². The Labute approximate surface area is 95.2 Å². The third-order valence-electron chi connectivity index (χ3n) is 2.52. The van der Waals surface area contributed by atoms with Gasteiger partial charge in [0.2, 0.25) is 0 Å². The van der Waals surface area contributed by atoms with Crippen molar-refractivity contribution in [3.8, 4) is 0 Å². The zero-order valence-electron chi connectivity index (χ0n) is 10.9. The van der Waals surface area contributed by atoms with Crippen LogP contribution in [0.3, 0.4) is 0 Å². The number of ether oxygens (including phenoxy) is 1. The minimum Gasteiger partial charge on any atom is -0.383 e. The van der Waals surface area contributed by atoms with Gasteiger partial charge in [-0.2, -0.15) is 0 Å². The molecule has 0 aromatic heterocycles. The monoisotopic (exact) mass is 216 g/mol. The van der Waals surface area contributed by atoms with Crippen LogP contribution in [0, 0.1) is 0 Å². The molecule has 0 radical (unpaired) electrons. The van der Waals surface area contributed by atoms with E-state index in [2.05, 4.69) is 31.0 Å². The lowest BCUT2D eigenvalue weighted by Crippen LogP contribution is -2.44. The molecule has 0 amide bonds. The van der Waals surface area contributed by atoms with Crippen molar-refractivity contribution in [1.82, 2.24) is 10.2 Å². The van der Waals surface area contributed by atoms with Crippen LogP contribution < -0.4 is 5.32 Å². The summed E-state index contributed by atoms with van der Waals surface area (Å²) in [6.45, 7) is 11.9. The average Bonchev–Trinajstić information content (AvgIpc) is 2.25. The van der Waals surface area contributed by atoms with E-state index in [1.54, 1.807) is 7.11 Å². The van der Waals surface area contributed by atoms with E-state index >= 15 is 0 Å². The Hall–Kier alpha value is -0.120. The molecule has 0 aliphatic heterocycles. The van der Waals surface area contributed by atoms with E-state index in [9.17, 15) is 0 Å². The molecule has 3 nitrogen and oxygen atoms in total. The SMILES string of the molecule is CCCNC(COC)CN(CC)CCC. The molecule has 3 heteroatoms. The Kier molecular flexibility index (Phi) is 10.3. The maximum absolute atomic E-state index is 5.24. The minimum absolute atomic E-state index is 0.474. The lowest BCUT2D eigenvalue weighted by Gasteiger charge is -2.26. The average molecular weight is 216 g/mol. The van der Waals surface area contributed by atoms with Crippen LogP contribution in [0.5, 0.6) is 0 Å². The maximum Gasteiger partial charge on any atom is 0.0628 e. The van der Waals surface area contributed by atoms with Crippen LogP contribution in [0.2, 0.25) is 0 Å². The molecule has 0 aromatic rings. The van der Waals surface area contributed by atoms with Crippen LogP contribution >= 0.6 is 0 Å². The van der Waals surface area contributed by atoms with Gasteiger partial charge in [0.1, 0.15) is 0 Å². The van der Waals surface area contributed by atoms with Crippen LogP contribution in [0.25, 0.3) is 0 Å². The van der Waals surface area contributed by atoms with Crippen molar-refractivity contribution in [3.05, 3.63) is 0 Å². The molecule has 15 heavy (non-hydrogen) atoms. The fourth-order valence-corrected chi connectivity index (χ4v) is 1.73. The third kappa shape index (κ3) is 7.77. The summed E-state index contributed by atoms with van der Waals surface area (Å²) in [5.41, 5.74) is 0. The minimum atomic E-state index is 0.474. The predicted molar refractivity (Wildman–Crippen MR) is 66.4 cm³/mol. The van der Waals surface area contributed by atoms with Crippen LogP contribution in [-0.4, -0.2) is 50.8 Å². The van der Waals surface area contributed by atoms with E-state index in [1.165, 1.54) is 19.4 Å². The van der Waals surface area contributed by atoms with Crippen LogP contribution in [0.4, 0.5) is 0 Å². The first-order valence-corrected chi connectivity index (χ1v) is 6.23. The molecule has 0 aliphatic rings. The van der Waals surface area contributed by atoms with E-state index < -0.39 is 0 Å². The molecule has 0 fully saturated rings. The first-order valence-electron chi connectivity index (χ1n) is 6.23. The highest BCUT2D eigenvalue weighted by Crippen LogP contribution is 1.96. The Morgan fingerprint density at radius 1 is 1.20 bits per heavy atom. The van der Waals surface area contributed by atoms with Gasteiger partial charge in [-0.1, -0.05) is 20.8 Å². The number of likely N-dealkylation sites (N-methyl/N-ethyl adjacent to an activating group) is 1. The second-order valence-electron chi connectivity index (χ2n) is 4.00. The van der Waals surface area contributed by atoms with E-state index in [0.29, 0.717) is 6.04 Å². The van der Waals surface area contributed by atoms with Crippen LogP contribution in [-0.2, 0) is 4.74 Å². The molecule has 0 aromatic carbocycles. The van der Waals surface area contributed by atoms with Gasteiger partial charge in [0.15, 0.2) is 0 Å².